The van der Waals surface area contributed by atoms with Gasteiger partial charge in [-0.05, 0) is 24.8 Å². The van der Waals surface area contributed by atoms with E-state index in [0.717, 1.165) is 28.7 Å². The first-order valence-electron chi connectivity index (χ1n) is 6.48. The Bertz CT molecular complexity index is 573. The molecule has 0 bridgehead atoms. The van der Waals surface area contributed by atoms with Crippen LogP contribution in [0.4, 0.5) is 5.69 Å². The summed E-state index contributed by atoms with van der Waals surface area (Å²) >= 11 is 0. The molecule has 3 nitrogen and oxygen atoms in total. The van der Waals surface area contributed by atoms with Crippen molar-refractivity contribution >= 4 is 16.6 Å². The minimum absolute atomic E-state index is 0.401. The van der Waals surface area contributed by atoms with Gasteiger partial charge in [0.2, 0.25) is 0 Å². The number of pyridine rings is 1. The van der Waals surface area contributed by atoms with Crippen LogP contribution in [-0.2, 0) is 6.42 Å². The Labute approximate surface area is 108 Å². The zero-order valence-corrected chi connectivity index (χ0v) is 11.5. The lowest BCUT2D eigenvalue weighted by Gasteiger charge is -2.18. The highest BCUT2D eigenvalue weighted by Crippen LogP contribution is 2.34. The molecule has 1 aromatic heterocycles. The van der Waals surface area contributed by atoms with Crippen molar-refractivity contribution in [1.82, 2.24) is 4.98 Å². The smallest absolute Gasteiger partial charge is 0.0758 e. The third-order valence-electron chi connectivity index (χ3n) is 3.43. The fourth-order valence-corrected chi connectivity index (χ4v) is 2.63. The normalized spacial score (nSPS) is 11.2. The molecule has 3 heteroatoms. The Morgan fingerprint density at radius 2 is 2.06 bits per heavy atom. The first-order valence-corrected chi connectivity index (χ1v) is 6.48. The molecule has 0 aliphatic carbocycles. The van der Waals surface area contributed by atoms with Crippen molar-refractivity contribution in [2.24, 2.45) is 5.84 Å². The summed E-state index contributed by atoms with van der Waals surface area (Å²) < 4.78 is 0. The number of anilines is 1. The summed E-state index contributed by atoms with van der Waals surface area (Å²) in [5, 5.41) is 1.12. The van der Waals surface area contributed by atoms with Gasteiger partial charge in [-0.1, -0.05) is 39.0 Å². The predicted octanol–water partition coefficient (Wildman–Crippen LogP) is 3.51. The zero-order valence-electron chi connectivity index (χ0n) is 11.5. The molecule has 0 fully saturated rings. The van der Waals surface area contributed by atoms with Gasteiger partial charge in [-0.25, -0.2) is 0 Å². The quantitative estimate of drug-likeness (QED) is 0.640. The van der Waals surface area contributed by atoms with E-state index >= 15 is 0 Å². The van der Waals surface area contributed by atoms with Crippen LogP contribution in [0.1, 0.15) is 43.5 Å². The van der Waals surface area contributed by atoms with Gasteiger partial charge >= 0.3 is 0 Å². The van der Waals surface area contributed by atoms with Crippen LogP contribution < -0.4 is 11.3 Å². The SMILES string of the molecule is CCc1cccc2c(NN)c(C(C)C)c(C)nc12. The lowest BCUT2D eigenvalue weighted by atomic mass is 9.95. The zero-order chi connectivity index (χ0) is 13.3. The van der Waals surface area contributed by atoms with Gasteiger partial charge in [-0.3, -0.25) is 10.8 Å². The number of nitrogen functional groups attached to an aromatic ring is 1. The minimum Gasteiger partial charge on any atom is -0.323 e. The van der Waals surface area contributed by atoms with E-state index < -0.39 is 0 Å². The molecule has 2 rings (SSSR count). The molecule has 0 saturated heterocycles. The van der Waals surface area contributed by atoms with Crippen LogP contribution >= 0.6 is 0 Å². The summed E-state index contributed by atoms with van der Waals surface area (Å²) in [5.41, 5.74) is 8.49. The molecule has 0 unspecified atom stereocenters. The Morgan fingerprint density at radius 1 is 1.33 bits per heavy atom. The van der Waals surface area contributed by atoms with E-state index in [1.807, 2.05) is 0 Å². The van der Waals surface area contributed by atoms with Crippen LogP contribution in [0.15, 0.2) is 18.2 Å². The molecule has 2 aromatic rings. The molecule has 0 amide bonds. The summed E-state index contributed by atoms with van der Waals surface area (Å²) in [6, 6.07) is 6.29. The highest BCUT2D eigenvalue weighted by atomic mass is 15.2. The number of para-hydroxylation sites is 1. The molecular weight excluding hydrogens is 222 g/mol. The van der Waals surface area contributed by atoms with Gasteiger partial charge in [-0.15, -0.1) is 0 Å². The fraction of sp³-hybridized carbons (Fsp3) is 0.400. The van der Waals surface area contributed by atoms with Gasteiger partial charge in [0.05, 0.1) is 11.2 Å². The predicted molar refractivity (Wildman–Crippen MR) is 77.8 cm³/mol. The van der Waals surface area contributed by atoms with Crippen molar-refractivity contribution in [2.75, 3.05) is 5.43 Å². The van der Waals surface area contributed by atoms with E-state index in [0.29, 0.717) is 5.92 Å². The summed E-state index contributed by atoms with van der Waals surface area (Å²) in [7, 11) is 0. The number of aromatic nitrogens is 1. The van der Waals surface area contributed by atoms with E-state index in [1.165, 1.54) is 11.1 Å². The minimum atomic E-state index is 0.401. The van der Waals surface area contributed by atoms with E-state index in [9.17, 15) is 0 Å². The number of nitrogens with one attached hydrogen (secondary N) is 1. The summed E-state index contributed by atoms with van der Waals surface area (Å²) in [5.74, 6) is 6.14. The number of hydrazine groups is 1. The topological polar surface area (TPSA) is 50.9 Å². The van der Waals surface area contributed by atoms with Crippen LogP contribution in [0.5, 0.6) is 0 Å². The van der Waals surface area contributed by atoms with E-state index in [4.69, 9.17) is 10.8 Å². The second kappa shape index (κ2) is 4.94. The molecule has 96 valence electrons. The third-order valence-corrected chi connectivity index (χ3v) is 3.43. The molecule has 1 heterocycles. The van der Waals surface area contributed by atoms with Crippen LogP contribution in [0.2, 0.25) is 0 Å². The van der Waals surface area contributed by atoms with Crippen molar-refractivity contribution in [3.8, 4) is 0 Å². The highest BCUT2D eigenvalue weighted by molar-refractivity contribution is 5.95. The largest absolute Gasteiger partial charge is 0.323 e. The highest BCUT2D eigenvalue weighted by Gasteiger charge is 2.15. The van der Waals surface area contributed by atoms with Crippen molar-refractivity contribution in [2.45, 2.75) is 40.0 Å². The summed E-state index contributed by atoms with van der Waals surface area (Å²) in [4.78, 5) is 4.78. The van der Waals surface area contributed by atoms with Crippen molar-refractivity contribution in [3.05, 3.63) is 35.0 Å². The molecule has 1 aromatic carbocycles. The molecule has 0 radical (unpaired) electrons. The van der Waals surface area contributed by atoms with Crippen LogP contribution in [0, 0.1) is 6.92 Å². The number of aryl methyl sites for hydroxylation is 2. The number of rotatable bonds is 3. The maximum atomic E-state index is 5.74. The third kappa shape index (κ3) is 1.95. The fourth-order valence-electron chi connectivity index (χ4n) is 2.63. The number of hydrogen-bond acceptors (Lipinski definition) is 3. The monoisotopic (exact) mass is 243 g/mol. The van der Waals surface area contributed by atoms with Gasteiger partial charge in [-0.2, -0.15) is 0 Å². The lowest BCUT2D eigenvalue weighted by molar-refractivity contribution is 0.848. The molecule has 0 saturated carbocycles. The summed E-state index contributed by atoms with van der Waals surface area (Å²) in [6.45, 7) is 8.54. The number of benzene rings is 1. The lowest BCUT2D eigenvalue weighted by Crippen LogP contribution is -2.13. The maximum absolute atomic E-state index is 5.74. The van der Waals surface area contributed by atoms with E-state index in [-0.39, 0.29) is 0 Å². The first-order chi connectivity index (χ1) is 8.60. The Kier molecular flexibility index (Phi) is 3.53. The number of nitrogens with two attached hydrogens (primary N) is 1. The number of hydrogen-bond donors (Lipinski definition) is 2. The average Bonchev–Trinajstić information content (AvgIpc) is 2.35. The molecule has 18 heavy (non-hydrogen) atoms. The van der Waals surface area contributed by atoms with E-state index in [1.54, 1.807) is 0 Å². The summed E-state index contributed by atoms with van der Waals surface area (Å²) in [6.07, 6.45) is 0.981. The van der Waals surface area contributed by atoms with Crippen molar-refractivity contribution in [3.63, 3.8) is 0 Å². The van der Waals surface area contributed by atoms with Gasteiger partial charge in [0.1, 0.15) is 0 Å². The first kappa shape index (κ1) is 12.8. The molecule has 0 aliphatic heterocycles. The Hall–Kier alpha value is -1.61. The molecular formula is C15H21N3. The molecule has 0 aliphatic rings. The Morgan fingerprint density at radius 3 is 2.61 bits per heavy atom. The molecule has 3 N–H and O–H groups in total. The standard InChI is InChI=1S/C15H21N3/c1-5-11-7-6-8-12-14(11)17-10(4)13(9(2)3)15(12)18-16/h6-9H,5,16H2,1-4H3,(H,17,18). The molecule has 0 spiro atoms. The Balaban J connectivity index is 2.88. The van der Waals surface area contributed by atoms with Crippen molar-refractivity contribution < 1.29 is 0 Å². The second-order valence-electron chi connectivity index (χ2n) is 4.95. The van der Waals surface area contributed by atoms with Gasteiger partial charge < -0.3 is 5.43 Å². The van der Waals surface area contributed by atoms with Gasteiger partial charge in [0.25, 0.3) is 0 Å². The van der Waals surface area contributed by atoms with Crippen molar-refractivity contribution in [1.29, 1.82) is 0 Å². The van der Waals surface area contributed by atoms with Crippen LogP contribution in [-0.4, -0.2) is 4.98 Å². The van der Waals surface area contributed by atoms with Crippen LogP contribution in [0.3, 0.4) is 0 Å². The maximum Gasteiger partial charge on any atom is 0.0758 e. The van der Waals surface area contributed by atoms with Crippen LogP contribution in [0.25, 0.3) is 10.9 Å². The average molecular weight is 243 g/mol. The van der Waals surface area contributed by atoms with Gasteiger partial charge in [0.15, 0.2) is 0 Å². The second-order valence-corrected chi connectivity index (χ2v) is 4.95. The molecule has 0 atom stereocenters. The number of nitrogens with zero attached hydrogens (tertiary/aromatic N) is 1. The van der Waals surface area contributed by atoms with E-state index in [2.05, 4.69) is 51.3 Å². The van der Waals surface area contributed by atoms with Gasteiger partial charge in [0, 0.05) is 16.6 Å². The number of fused-ring (bicyclic) bond motifs is 1.